The molecular weight excluding hydrogens is 218 g/mol. The lowest BCUT2D eigenvalue weighted by Crippen LogP contribution is -2.63. The Labute approximate surface area is 99.4 Å². The summed E-state index contributed by atoms with van der Waals surface area (Å²) < 4.78 is 0. The monoisotopic (exact) mass is 233 g/mol. The second kappa shape index (κ2) is 4.97. The van der Waals surface area contributed by atoms with Crippen LogP contribution in [0.15, 0.2) is 30.3 Å². The molecule has 2 amide bonds. The summed E-state index contributed by atoms with van der Waals surface area (Å²) in [6, 6.07) is 9.01. The van der Waals surface area contributed by atoms with Crippen LogP contribution in [-0.2, 0) is 16.1 Å². The average molecular weight is 233 g/mol. The van der Waals surface area contributed by atoms with Gasteiger partial charge in [-0.25, -0.2) is 0 Å². The highest BCUT2D eigenvalue weighted by molar-refractivity contribution is 5.88. The van der Waals surface area contributed by atoms with Crippen molar-refractivity contribution in [1.29, 1.82) is 0 Å². The van der Waals surface area contributed by atoms with Crippen molar-refractivity contribution in [1.82, 2.24) is 10.6 Å². The quantitative estimate of drug-likeness (QED) is 0.656. The van der Waals surface area contributed by atoms with Gasteiger partial charge in [-0.2, -0.15) is 0 Å². The van der Waals surface area contributed by atoms with Crippen LogP contribution >= 0.6 is 0 Å². The highest BCUT2D eigenvalue weighted by atomic mass is 16.2. The molecule has 5 heteroatoms. The second-order valence-electron chi connectivity index (χ2n) is 4.11. The number of amides is 2. The van der Waals surface area contributed by atoms with Crippen molar-refractivity contribution in [2.75, 3.05) is 0 Å². The van der Waals surface area contributed by atoms with Gasteiger partial charge in [0.1, 0.15) is 0 Å². The first-order chi connectivity index (χ1) is 8.16. The maximum absolute atomic E-state index is 11.6. The van der Waals surface area contributed by atoms with Crippen molar-refractivity contribution in [3.63, 3.8) is 0 Å². The van der Waals surface area contributed by atoms with Crippen LogP contribution in [0.2, 0.25) is 0 Å². The van der Waals surface area contributed by atoms with Crippen molar-refractivity contribution in [2.24, 2.45) is 5.73 Å². The Morgan fingerprint density at radius 3 is 2.53 bits per heavy atom. The molecule has 0 aliphatic carbocycles. The third-order valence-electron chi connectivity index (χ3n) is 2.84. The lowest BCUT2D eigenvalue weighted by molar-refractivity contribution is -0.129. The van der Waals surface area contributed by atoms with Gasteiger partial charge in [-0.1, -0.05) is 30.3 Å². The van der Waals surface area contributed by atoms with E-state index < -0.39 is 5.91 Å². The molecule has 5 nitrogen and oxygen atoms in total. The van der Waals surface area contributed by atoms with Gasteiger partial charge in [0.2, 0.25) is 11.8 Å². The van der Waals surface area contributed by atoms with Crippen LogP contribution < -0.4 is 16.4 Å². The summed E-state index contributed by atoms with van der Waals surface area (Å²) in [5.74, 6) is -0.497. The highest BCUT2D eigenvalue weighted by Gasteiger charge is 2.36. The van der Waals surface area contributed by atoms with Crippen LogP contribution in [0.4, 0.5) is 0 Å². The van der Waals surface area contributed by atoms with E-state index >= 15 is 0 Å². The fourth-order valence-electron chi connectivity index (χ4n) is 1.74. The van der Waals surface area contributed by atoms with Gasteiger partial charge in [0.25, 0.3) is 0 Å². The number of carbonyl (C=O) groups is 2. The molecule has 17 heavy (non-hydrogen) atoms. The number of benzene rings is 1. The molecule has 0 saturated carbocycles. The third-order valence-corrected chi connectivity index (χ3v) is 2.84. The summed E-state index contributed by atoms with van der Waals surface area (Å²) in [4.78, 5) is 22.4. The zero-order valence-corrected chi connectivity index (χ0v) is 9.35. The van der Waals surface area contributed by atoms with Crippen LogP contribution in [0.1, 0.15) is 12.0 Å². The number of hydrogen-bond acceptors (Lipinski definition) is 3. The van der Waals surface area contributed by atoms with E-state index in [0.29, 0.717) is 13.0 Å². The van der Waals surface area contributed by atoms with Crippen molar-refractivity contribution in [2.45, 2.75) is 25.0 Å². The number of carbonyl (C=O) groups excluding carboxylic acids is 2. The molecule has 0 spiro atoms. The van der Waals surface area contributed by atoms with Gasteiger partial charge < -0.3 is 11.1 Å². The molecule has 1 heterocycles. The first-order valence-corrected chi connectivity index (χ1v) is 5.54. The normalized spacial score (nSPS) is 22.6. The largest absolute Gasteiger partial charge is 0.368 e. The average Bonchev–Trinajstić information content (AvgIpc) is 2.25. The molecule has 1 aromatic carbocycles. The van der Waals surface area contributed by atoms with E-state index in [9.17, 15) is 9.59 Å². The zero-order valence-electron chi connectivity index (χ0n) is 9.35. The SMILES string of the molecule is NC(=O)C1CC(C(=O)NCc2ccccc2)N1. The van der Waals surface area contributed by atoms with Crippen LogP contribution in [-0.4, -0.2) is 23.9 Å². The topological polar surface area (TPSA) is 84.2 Å². The lowest BCUT2D eigenvalue weighted by atomic mass is 9.96. The van der Waals surface area contributed by atoms with Crippen molar-refractivity contribution < 1.29 is 9.59 Å². The number of rotatable bonds is 4. The number of primary amides is 1. The Balaban J connectivity index is 1.74. The van der Waals surface area contributed by atoms with E-state index in [1.165, 1.54) is 0 Å². The maximum atomic E-state index is 11.6. The molecule has 1 aliphatic heterocycles. The van der Waals surface area contributed by atoms with Gasteiger partial charge in [-0.05, 0) is 12.0 Å². The summed E-state index contributed by atoms with van der Waals surface area (Å²) in [7, 11) is 0. The Hall–Kier alpha value is -1.88. The van der Waals surface area contributed by atoms with Crippen LogP contribution in [0, 0.1) is 0 Å². The van der Waals surface area contributed by atoms with E-state index in [1.54, 1.807) is 0 Å². The minimum atomic E-state index is -0.405. The standard InChI is InChI=1S/C12H15N3O2/c13-11(16)9-6-10(15-9)12(17)14-7-8-4-2-1-3-5-8/h1-5,9-10,15H,6-7H2,(H2,13,16)(H,14,17). The van der Waals surface area contributed by atoms with E-state index in [0.717, 1.165) is 5.56 Å². The highest BCUT2D eigenvalue weighted by Crippen LogP contribution is 2.11. The Kier molecular flexibility index (Phi) is 3.39. The fourth-order valence-corrected chi connectivity index (χ4v) is 1.74. The third kappa shape index (κ3) is 2.82. The first kappa shape index (κ1) is 11.6. The molecule has 0 bridgehead atoms. The van der Waals surface area contributed by atoms with Crippen molar-refractivity contribution in [3.8, 4) is 0 Å². The number of nitrogens with one attached hydrogen (secondary N) is 2. The first-order valence-electron chi connectivity index (χ1n) is 5.54. The Bertz CT molecular complexity index is 413. The molecule has 0 radical (unpaired) electrons. The van der Waals surface area contributed by atoms with E-state index in [4.69, 9.17) is 5.73 Å². The molecule has 0 aromatic heterocycles. The lowest BCUT2D eigenvalue weighted by Gasteiger charge is -2.33. The molecule has 1 fully saturated rings. The maximum Gasteiger partial charge on any atom is 0.237 e. The van der Waals surface area contributed by atoms with Crippen LogP contribution in [0.3, 0.4) is 0 Å². The molecule has 4 N–H and O–H groups in total. The summed E-state index contributed by atoms with van der Waals surface area (Å²) in [5, 5.41) is 5.64. The molecular formula is C12H15N3O2. The zero-order chi connectivity index (χ0) is 12.3. The Morgan fingerprint density at radius 2 is 1.94 bits per heavy atom. The minimum absolute atomic E-state index is 0.0913. The molecule has 2 unspecified atom stereocenters. The van der Waals surface area contributed by atoms with Gasteiger partial charge in [0, 0.05) is 6.54 Å². The van der Waals surface area contributed by atoms with Crippen LogP contribution in [0.25, 0.3) is 0 Å². The number of hydrogen-bond donors (Lipinski definition) is 3. The van der Waals surface area contributed by atoms with Gasteiger partial charge in [0.05, 0.1) is 12.1 Å². The van der Waals surface area contributed by atoms with Crippen molar-refractivity contribution >= 4 is 11.8 Å². The summed E-state index contributed by atoms with van der Waals surface area (Å²) in [6.07, 6.45) is 0.482. The van der Waals surface area contributed by atoms with E-state index in [1.807, 2.05) is 30.3 Å². The summed E-state index contributed by atoms with van der Waals surface area (Å²) in [5.41, 5.74) is 6.14. The van der Waals surface area contributed by atoms with E-state index in [-0.39, 0.29) is 18.0 Å². The van der Waals surface area contributed by atoms with Gasteiger partial charge in [-0.3, -0.25) is 14.9 Å². The Morgan fingerprint density at radius 1 is 1.29 bits per heavy atom. The predicted molar refractivity (Wildman–Crippen MR) is 62.8 cm³/mol. The van der Waals surface area contributed by atoms with Crippen molar-refractivity contribution in [3.05, 3.63) is 35.9 Å². The van der Waals surface area contributed by atoms with Gasteiger partial charge >= 0.3 is 0 Å². The molecule has 2 atom stereocenters. The van der Waals surface area contributed by atoms with Gasteiger partial charge in [0.15, 0.2) is 0 Å². The van der Waals surface area contributed by atoms with Gasteiger partial charge in [-0.15, -0.1) is 0 Å². The molecule has 90 valence electrons. The van der Waals surface area contributed by atoms with E-state index in [2.05, 4.69) is 10.6 Å². The van der Waals surface area contributed by atoms with Crippen LogP contribution in [0.5, 0.6) is 0 Å². The molecule has 1 aliphatic rings. The fraction of sp³-hybridized carbons (Fsp3) is 0.333. The minimum Gasteiger partial charge on any atom is -0.368 e. The summed E-state index contributed by atoms with van der Waals surface area (Å²) in [6.45, 7) is 0.499. The smallest absolute Gasteiger partial charge is 0.237 e. The number of nitrogens with two attached hydrogens (primary N) is 1. The molecule has 1 saturated heterocycles. The predicted octanol–water partition coefficient (Wildman–Crippen LogP) is -0.481. The molecule has 1 aromatic rings. The second-order valence-corrected chi connectivity index (χ2v) is 4.11. The summed E-state index contributed by atoms with van der Waals surface area (Å²) >= 11 is 0. The molecule has 2 rings (SSSR count).